The van der Waals surface area contributed by atoms with Crippen LogP contribution >= 0.6 is 0 Å². The van der Waals surface area contributed by atoms with E-state index in [0.29, 0.717) is 12.0 Å². The molecular formula is C15H20N2. The van der Waals surface area contributed by atoms with E-state index in [0.717, 1.165) is 22.7 Å². The second-order valence-corrected chi connectivity index (χ2v) is 5.27. The number of nitrogens with one attached hydrogen (secondary N) is 1. The van der Waals surface area contributed by atoms with Gasteiger partial charge in [-0.05, 0) is 43.2 Å². The average Bonchev–Trinajstić information content (AvgIpc) is 2.63. The molecule has 3 unspecified atom stereocenters. The fourth-order valence-corrected chi connectivity index (χ4v) is 2.71. The number of para-hydroxylation sites is 1. The van der Waals surface area contributed by atoms with Crippen molar-refractivity contribution in [3.05, 3.63) is 29.3 Å². The van der Waals surface area contributed by atoms with Crippen molar-refractivity contribution in [2.24, 2.45) is 11.8 Å². The molecule has 2 rings (SSSR count). The van der Waals surface area contributed by atoms with Crippen molar-refractivity contribution in [3.8, 4) is 6.07 Å². The Kier molecular flexibility index (Phi) is 3.38. The summed E-state index contributed by atoms with van der Waals surface area (Å²) in [4.78, 5) is 0. The molecule has 1 aliphatic rings. The second-order valence-electron chi connectivity index (χ2n) is 5.27. The second kappa shape index (κ2) is 4.79. The Morgan fingerprint density at radius 1 is 1.29 bits per heavy atom. The molecule has 2 heteroatoms. The summed E-state index contributed by atoms with van der Waals surface area (Å²) in [5.74, 6) is 1.46. The van der Waals surface area contributed by atoms with E-state index in [1.54, 1.807) is 0 Å². The number of hydrogen-bond donors (Lipinski definition) is 1. The van der Waals surface area contributed by atoms with Crippen LogP contribution in [0.5, 0.6) is 0 Å². The smallest absolute Gasteiger partial charge is 0.101 e. The molecule has 0 aliphatic heterocycles. The first-order valence-corrected chi connectivity index (χ1v) is 6.39. The van der Waals surface area contributed by atoms with E-state index in [2.05, 4.69) is 38.2 Å². The lowest BCUT2D eigenvalue weighted by Gasteiger charge is -2.22. The highest BCUT2D eigenvalue weighted by Crippen LogP contribution is 2.34. The van der Waals surface area contributed by atoms with E-state index in [1.165, 1.54) is 12.8 Å². The molecule has 0 saturated heterocycles. The van der Waals surface area contributed by atoms with E-state index < -0.39 is 0 Å². The minimum absolute atomic E-state index is 0.512. The van der Waals surface area contributed by atoms with Gasteiger partial charge in [-0.25, -0.2) is 0 Å². The van der Waals surface area contributed by atoms with Gasteiger partial charge in [0, 0.05) is 6.04 Å². The Labute approximate surface area is 104 Å². The molecule has 0 bridgehead atoms. The molecule has 0 amide bonds. The van der Waals surface area contributed by atoms with Gasteiger partial charge in [0.2, 0.25) is 0 Å². The van der Waals surface area contributed by atoms with Gasteiger partial charge in [0.1, 0.15) is 6.07 Å². The van der Waals surface area contributed by atoms with Gasteiger partial charge in [-0.3, -0.25) is 0 Å². The zero-order valence-corrected chi connectivity index (χ0v) is 10.8. The Morgan fingerprint density at radius 2 is 2.06 bits per heavy atom. The van der Waals surface area contributed by atoms with Crippen LogP contribution in [0.2, 0.25) is 0 Å². The molecule has 0 radical (unpaired) electrons. The van der Waals surface area contributed by atoms with Crippen molar-refractivity contribution in [2.75, 3.05) is 5.32 Å². The molecule has 0 spiro atoms. The monoisotopic (exact) mass is 228 g/mol. The highest BCUT2D eigenvalue weighted by atomic mass is 14.9. The minimum Gasteiger partial charge on any atom is -0.381 e. The predicted molar refractivity (Wildman–Crippen MR) is 70.9 cm³/mol. The van der Waals surface area contributed by atoms with Gasteiger partial charge in [0.15, 0.2) is 0 Å². The first-order valence-electron chi connectivity index (χ1n) is 6.39. The van der Waals surface area contributed by atoms with Gasteiger partial charge < -0.3 is 5.32 Å². The third-order valence-electron chi connectivity index (χ3n) is 4.19. The third kappa shape index (κ3) is 2.29. The summed E-state index contributed by atoms with van der Waals surface area (Å²) in [7, 11) is 0. The number of hydrogen-bond acceptors (Lipinski definition) is 2. The van der Waals surface area contributed by atoms with Crippen LogP contribution in [0.25, 0.3) is 0 Å². The SMILES string of the molecule is Cc1cccc(C#N)c1NC1CCC(C)C1C. The van der Waals surface area contributed by atoms with E-state index in [1.807, 2.05) is 12.1 Å². The van der Waals surface area contributed by atoms with Crippen molar-refractivity contribution in [3.63, 3.8) is 0 Å². The van der Waals surface area contributed by atoms with Crippen LogP contribution < -0.4 is 5.32 Å². The minimum atomic E-state index is 0.512. The Morgan fingerprint density at radius 3 is 2.65 bits per heavy atom. The van der Waals surface area contributed by atoms with Gasteiger partial charge in [-0.15, -0.1) is 0 Å². The first-order chi connectivity index (χ1) is 8.13. The van der Waals surface area contributed by atoms with Crippen LogP contribution in [0.4, 0.5) is 5.69 Å². The summed E-state index contributed by atoms with van der Waals surface area (Å²) >= 11 is 0. The standard InChI is InChI=1S/C15H20N2/c1-10-7-8-14(12(10)3)17-15-11(2)5-4-6-13(15)9-16/h4-6,10,12,14,17H,7-8H2,1-3H3. The molecule has 0 heterocycles. The Bertz CT molecular complexity index is 445. The molecule has 2 nitrogen and oxygen atoms in total. The zero-order chi connectivity index (χ0) is 12.4. The first kappa shape index (κ1) is 12.0. The largest absolute Gasteiger partial charge is 0.381 e. The normalized spacial score (nSPS) is 27.8. The molecule has 1 aromatic carbocycles. The van der Waals surface area contributed by atoms with Crippen LogP contribution in [0.3, 0.4) is 0 Å². The molecule has 17 heavy (non-hydrogen) atoms. The summed E-state index contributed by atoms with van der Waals surface area (Å²) in [5, 5.41) is 12.7. The number of anilines is 1. The van der Waals surface area contributed by atoms with Crippen LogP contribution in [0, 0.1) is 30.1 Å². The lowest BCUT2D eigenvalue weighted by molar-refractivity contribution is 0.435. The van der Waals surface area contributed by atoms with Gasteiger partial charge in [-0.2, -0.15) is 5.26 Å². The van der Waals surface area contributed by atoms with E-state index in [9.17, 15) is 0 Å². The van der Waals surface area contributed by atoms with Crippen molar-refractivity contribution in [1.82, 2.24) is 0 Å². The maximum atomic E-state index is 9.14. The van der Waals surface area contributed by atoms with Crippen molar-refractivity contribution < 1.29 is 0 Å². The summed E-state index contributed by atoms with van der Waals surface area (Å²) < 4.78 is 0. The van der Waals surface area contributed by atoms with E-state index in [-0.39, 0.29) is 0 Å². The lowest BCUT2D eigenvalue weighted by Crippen LogP contribution is -2.24. The quantitative estimate of drug-likeness (QED) is 0.837. The zero-order valence-electron chi connectivity index (χ0n) is 10.8. The van der Waals surface area contributed by atoms with Gasteiger partial charge in [-0.1, -0.05) is 26.0 Å². The number of nitrogens with zero attached hydrogens (tertiary/aromatic N) is 1. The lowest BCUT2D eigenvalue weighted by atomic mass is 9.97. The maximum absolute atomic E-state index is 9.14. The van der Waals surface area contributed by atoms with Crippen molar-refractivity contribution in [2.45, 2.75) is 39.7 Å². The topological polar surface area (TPSA) is 35.8 Å². The van der Waals surface area contributed by atoms with Crippen molar-refractivity contribution >= 4 is 5.69 Å². The van der Waals surface area contributed by atoms with Crippen LogP contribution in [0.15, 0.2) is 18.2 Å². The van der Waals surface area contributed by atoms with Crippen molar-refractivity contribution in [1.29, 1.82) is 5.26 Å². The number of rotatable bonds is 2. The molecule has 1 aliphatic carbocycles. The average molecular weight is 228 g/mol. The van der Waals surface area contributed by atoms with E-state index in [4.69, 9.17) is 5.26 Å². The third-order valence-corrected chi connectivity index (χ3v) is 4.19. The Balaban J connectivity index is 2.22. The predicted octanol–water partition coefficient (Wildman–Crippen LogP) is 3.71. The molecule has 1 aromatic rings. The maximum Gasteiger partial charge on any atom is 0.101 e. The van der Waals surface area contributed by atoms with Gasteiger partial charge in [0.25, 0.3) is 0 Å². The van der Waals surface area contributed by atoms with Gasteiger partial charge in [0.05, 0.1) is 11.3 Å². The van der Waals surface area contributed by atoms with Gasteiger partial charge >= 0.3 is 0 Å². The molecule has 90 valence electrons. The molecular weight excluding hydrogens is 208 g/mol. The molecule has 3 atom stereocenters. The number of aryl methyl sites for hydroxylation is 1. The Hall–Kier alpha value is -1.49. The summed E-state index contributed by atoms with van der Waals surface area (Å²) in [6, 6.07) is 8.68. The summed E-state index contributed by atoms with van der Waals surface area (Å²) in [6.45, 7) is 6.68. The highest BCUT2D eigenvalue weighted by Gasteiger charge is 2.30. The van der Waals surface area contributed by atoms with Crippen LogP contribution in [-0.2, 0) is 0 Å². The molecule has 1 saturated carbocycles. The molecule has 1 fully saturated rings. The van der Waals surface area contributed by atoms with Crippen LogP contribution in [-0.4, -0.2) is 6.04 Å². The molecule has 1 N–H and O–H groups in total. The summed E-state index contributed by atoms with van der Waals surface area (Å²) in [5.41, 5.74) is 2.95. The number of nitriles is 1. The fourth-order valence-electron chi connectivity index (χ4n) is 2.71. The summed E-state index contributed by atoms with van der Waals surface area (Å²) in [6.07, 6.45) is 2.49. The van der Waals surface area contributed by atoms with Crippen LogP contribution in [0.1, 0.15) is 37.8 Å². The van der Waals surface area contributed by atoms with E-state index >= 15 is 0 Å². The highest BCUT2D eigenvalue weighted by molar-refractivity contribution is 5.62. The number of benzene rings is 1. The fraction of sp³-hybridized carbons (Fsp3) is 0.533. The molecule has 0 aromatic heterocycles.